The smallest absolute Gasteiger partial charge is 0.126 e. The minimum Gasteiger partial charge on any atom is -0.467 e. The lowest BCUT2D eigenvalue weighted by atomic mass is 10.2. The summed E-state index contributed by atoms with van der Waals surface area (Å²) in [5.41, 5.74) is 2.66. The van der Waals surface area contributed by atoms with Crippen LogP contribution in [0.5, 0.6) is 0 Å². The highest BCUT2D eigenvalue weighted by Crippen LogP contribution is 2.21. The molecule has 16 heavy (non-hydrogen) atoms. The zero-order valence-electron chi connectivity index (χ0n) is 9.07. The van der Waals surface area contributed by atoms with Gasteiger partial charge in [-0.25, -0.2) is 4.98 Å². The molecule has 1 N–H and O–H groups in total. The Balaban J connectivity index is 1.71. The SMILES string of the molecule is c1coc(CNc2ccc3c(n2)CCC3)c1. The van der Waals surface area contributed by atoms with Gasteiger partial charge in [0.25, 0.3) is 0 Å². The Hall–Kier alpha value is -1.77. The molecule has 0 atom stereocenters. The van der Waals surface area contributed by atoms with Crippen molar-refractivity contribution in [3.63, 3.8) is 0 Å². The minimum atomic E-state index is 0.693. The van der Waals surface area contributed by atoms with Gasteiger partial charge in [0.05, 0.1) is 12.8 Å². The number of nitrogens with one attached hydrogen (secondary N) is 1. The molecule has 2 aromatic heterocycles. The quantitative estimate of drug-likeness (QED) is 0.853. The topological polar surface area (TPSA) is 38.1 Å². The van der Waals surface area contributed by atoms with Crippen molar-refractivity contribution in [1.82, 2.24) is 4.98 Å². The summed E-state index contributed by atoms with van der Waals surface area (Å²) >= 11 is 0. The van der Waals surface area contributed by atoms with Crippen LogP contribution >= 0.6 is 0 Å². The predicted molar refractivity (Wildman–Crippen MR) is 62.3 cm³/mol. The molecule has 3 nitrogen and oxygen atoms in total. The predicted octanol–water partition coefficient (Wildman–Crippen LogP) is 2.78. The van der Waals surface area contributed by atoms with Crippen LogP contribution in [0.2, 0.25) is 0 Å². The number of furan rings is 1. The fourth-order valence-electron chi connectivity index (χ4n) is 2.11. The maximum atomic E-state index is 5.26. The molecule has 2 aromatic rings. The van der Waals surface area contributed by atoms with E-state index < -0.39 is 0 Å². The molecule has 0 aromatic carbocycles. The first-order valence-corrected chi connectivity index (χ1v) is 5.67. The van der Waals surface area contributed by atoms with E-state index in [1.54, 1.807) is 6.26 Å². The molecule has 1 aliphatic rings. The van der Waals surface area contributed by atoms with Gasteiger partial charge in [0.15, 0.2) is 0 Å². The van der Waals surface area contributed by atoms with Gasteiger partial charge in [-0.3, -0.25) is 0 Å². The fourth-order valence-corrected chi connectivity index (χ4v) is 2.11. The van der Waals surface area contributed by atoms with Crippen molar-refractivity contribution in [3.05, 3.63) is 47.5 Å². The Kier molecular flexibility index (Phi) is 2.37. The molecule has 3 heteroatoms. The molecule has 0 amide bonds. The zero-order valence-corrected chi connectivity index (χ0v) is 9.07. The van der Waals surface area contributed by atoms with Gasteiger partial charge in [-0.05, 0) is 43.0 Å². The van der Waals surface area contributed by atoms with E-state index in [0.717, 1.165) is 18.0 Å². The number of nitrogens with zero attached hydrogens (tertiary/aromatic N) is 1. The van der Waals surface area contributed by atoms with Crippen molar-refractivity contribution in [2.45, 2.75) is 25.8 Å². The number of aryl methyl sites for hydroxylation is 2. The molecule has 2 heterocycles. The van der Waals surface area contributed by atoms with E-state index in [-0.39, 0.29) is 0 Å². The summed E-state index contributed by atoms with van der Waals surface area (Å²) in [5, 5.41) is 3.27. The molecule has 1 aliphatic carbocycles. The molecule has 0 saturated heterocycles. The lowest BCUT2D eigenvalue weighted by Gasteiger charge is -2.05. The molecule has 0 radical (unpaired) electrons. The highest BCUT2D eigenvalue weighted by molar-refractivity contribution is 5.40. The van der Waals surface area contributed by atoms with Crippen molar-refractivity contribution >= 4 is 5.82 Å². The number of aromatic nitrogens is 1. The summed E-state index contributed by atoms with van der Waals surface area (Å²) < 4.78 is 5.26. The van der Waals surface area contributed by atoms with E-state index in [9.17, 15) is 0 Å². The Morgan fingerprint density at radius 2 is 2.25 bits per heavy atom. The van der Waals surface area contributed by atoms with Crippen molar-refractivity contribution in [2.75, 3.05) is 5.32 Å². The summed E-state index contributed by atoms with van der Waals surface area (Å²) in [5.74, 6) is 1.87. The molecule has 0 unspecified atom stereocenters. The van der Waals surface area contributed by atoms with Crippen LogP contribution in [0.3, 0.4) is 0 Å². The number of fused-ring (bicyclic) bond motifs is 1. The molecule has 0 spiro atoms. The number of pyridine rings is 1. The Morgan fingerprint density at radius 3 is 3.12 bits per heavy atom. The van der Waals surface area contributed by atoms with E-state index in [2.05, 4.69) is 16.4 Å². The normalized spacial score (nSPS) is 13.8. The van der Waals surface area contributed by atoms with Gasteiger partial charge in [-0.2, -0.15) is 0 Å². The molecular weight excluding hydrogens is 200 g/mol. The summed E-state index contributed by atoms with van der Waals surface area (Å²) in [7, 11) is 0. The second-order valence-electron chi connectivity index (χ2n) is 4.09. The highest BCUT2D eigenvalue weighted by Gasteiger charge is 2.12. The molecular formula is C13H14N2O. The summed E-state index contributed by atoms with van der Waals surface area (Å²) in [6.45, 7) is 0.693. The van der Waals surface area contributed by atoms with Gasteiger partial charge in [-0.1, -0.05) is 6.07 Å². The number of hydrogen-bond donors (Lipinski definition) is 1. The monoisotopic (exact) mass is 214 g/mol. The van der Waals surface area contributed by atoms with E-state index in [1.165, 1.54) is 24.1 Å². The second kappa shape index (κ2) is 4.00. The lowest BCUT2D eigenvalue weighted by Crippen LogP contribution is -2.01. The van der Waals surface area contributed by atoms with Gasteiger partial charge >= 0.3 is 0 Å². The summed E-state index contributed by atoms with van der Waals surface area (Å²) in [6, 6.07) is 8.08. The van der Waals surface area contributed by atoms with Crippen molar-refractivity contribution in [1.29, 1.82) is 0 Å². The van der Waals surface area contributed by atoms with Crippen LogP contribution in [-0.2, 0) is 19.4 Å². The van der Waals surface area contributed by atoms with Gasteiger partial charge in [0.2, 0.25) is 0 Å². The summed E-state index contributed by atoms with van der Waals surface area (Å²) in [6.07, 6.45) is 5.23. The van der Waals surface area contributed by atoms with E-state index in [4.69, 9.17) is 4.42 Å². The largest absolute Gasteiger partial charge is 0.467 e. The lowest BCUT2D eigenvalue weighted by molar-refractivity contribution is 0.518. The average Bonchev–Trinajstić information content (AvgIpc) is 2.97. The van der Waals surface area contributed by atoms with Crippen LogP contribution in [0.25, 0.3) is 0 Å². The second-order valence-corrected chi connectivity index (χ2v) is 4.09. The summed E-state index contributed by atoms with van der Waals surface area (Å²) in [4.78, 5) is 4.60. The van der Waals surface area contributed by atoms with E-state index in [1.807, 2.05) is 18.2 Å². The van der Waals surface area contributed by atoms with Gasteiger partial charge in [0, 0.05) is 5.69 Å². The van der Waals surface area contributed by atoms with Crippen LogP contribution in [0.1, 0.15) is 23.4 Å². The highest BCUT2D eigenvalue weighted by atomic mass is 16.3. The van der Waals surface area contributed by atoms with Gasteiger partial charge in [-0.15, -0.1) is 0 Å². The van der Waals surface area contributed by atoms with Gasteiger partial charge < -0.3 is 9.73 Å². The first-order valence-electron chi connectivity index (χ1n) is 5.67. The first-order chi connectivity index (χ1) is 7.92. The van der Waals surface area contributed by atoms with E-state index in [0.29, 0.717) is 6.54 Å². The number of anilines is 1. The standard InChI is InChI=1S/C13H14N2O/c1-3-10-6-7-13(15-12(10)5-1)14-9-11-4-2-8-16-11/h2,4,6-8H,1,3,5,9H2,(H,14,15). The van der Waals surface area contributed by atoms with Crippen molar-refractivity contribution in [2.24, 2.45) is 0 Å². The maximum absolute atomic E-state index is 5.26. The van der Waals surface area contributed by atoms with Crippen molar-refractivity contribution < 1.29 is 4.42 Å². The Bertz CT molecular complexity index is 477. The number of rotatable bonds is 3. The van der Waals surface area contributed by atoms with Crippen LogP contribution in [0.4, 0.5) is 5.82 Å². The van der Waals surface area contributed by atoms with Gasteiger partial charge in [0.1, 0.15) is 11.6 Å². The third-order valence-electron chi connectivity index (χ3n) is 2.95. The maximum Gasteiger partial charge on any atom is 0.126 e. The third kappa shape index (κ3) is 1.81. The van der Waals surface area contributed by atoms with Crippen LogP contribution in [-0.4, -0.2) is 4.98 Å². The number of hydrogen-bond acceptors (Lipinski definition) is 3. The molecule has 82 valence electrons. The minimum absolute atomic E-state index is 0.693. The average molecular weight is 214 g/mol. The van der Waals surface area contributed by atoms with Crippen molar-refractivity contribution in [3.8, 4) is 0 Å². The molecule has 0 aliphatic heterocycles. The van der Waals surface area contributed by atoms with Crippen LogP contribution < -0.4 is 5.32 Å². The molecule has 0 saturated carbocycles. The molecule has 0 bridgehead atoms. The van der Waals surface area contributed by atoms with Crippen LogP contribution in [0, 0.1) is 0 Å². The zero-order chi connectivity index (χ0) is 10.8. The molecule has 3 rings (SSSR count). The fraction of sp³-hybridized carbons (Fsp3) is 0.308. The third-order valence-corrected chi connectivity index (χ3v) is 2.95. The molecule has 0 fully saturated rings. The Labute approximate surface area is 94.5 Å². The first kappa shape index (κ1) is 9.46. The van der Waals surface area contributed by atoms with E-state index >= 15 is 0 Å². The Morgan fingerprint density at radius 1 is 1.25 bits per heavy atom. The van der Waals surface area contributed by atoms with Crippen LogP contribution in [0.15, 0.2) is 34.9 Å².